The number of benzene rings is 3. The molecule has 1 saturated heterocycles. The van der Waals surface area contributed by atoms with Gasteiger partial charge in [-0.05, 0) is 73.2 Å². The molecule has 1 aliphatic rings. The first kappa shape index (κ1) is 22.1. The summed E-state index contributed by atoms with van der Waals surface area (Å²) in [6.07, 6.45) is 0.534. The summed E-state index contributed by atoms with van der Waals surface area (Å²) in [6.45, 7) is 2.77. The number of carbonyl (C=O) groups is 3. The Kier molecular flexibility index (Phi) is 6.69. The number of rotatable bonds is 8. The number of nitrogens with zero attached hydrogens (tertiary/aromatic N) is 1. The molecule has 0 spiro atoms. The van der Waals surface area contributed by atoms with Crippen molar-refractivity contribution in [2.75, 3.05) is 11.9 Å². The molecule has 3 amide bonds. The van der Waals surface area contributed by atoms with Gasteiger partial charge in [0.25, 0.3) is 5.91 Å². The Morgan fingerprint density at radius 3 is 1.94 bits per heavy atom. The normalized spacial score (nSPS) is 13.2. The van der Waals surface area contributed by atoms with Crippen molar-refractivity contribution in [3.63, 3.8) is 0 Å². The summed E-state index contributed by atoms with van der Waals surface area (Å²) in [5, 5.41) is 2.85. The van der Waals surface area contributed by atoms with E-state index in [0.717, 1.165) is 11.3 Å². The van der Waals surface area contributed by atoms with E-state index < -0.39 is 0 Å². The predicted molar refractivity (Wildman–Crippen MR) is 123 cm³/mol. The first-order valence-corrected chi connectivity index (χ1v) is 10.8. The summed E-state index contributed by atoms with van der Waals surface area (Å²) in [6, 6.07) is 21.3. The molecule has 0 aromatic heterocycles. The van der Waals surface area contributed by atoms with Crippen molar-refractivity contribution >= 4 is 23.4 Å². The van der Waals surface area contributed by atoms with Crippen LogP contribution in [0.1, 0.15) is 35.7 Å². The van der Waals surface area contributed by atoms with Crippen molar-refractivity contribution in [1.82, 2.24) is 4.90 Å². The van der Waals surface area contributed by atoms with Crippen LogP contribution in [0.2, 0.25) is 0 Å². The van der Waals surface area contributed by atoms with Gasteiger partial charge in [0, 0.05) is 24.1 Å². The molecular weight excluding hydrogens is 420 g/mol. The van der Waals surface area contributed by atoms with Gasteiger partial charge in [0.2, 0.25) is 11.8 Å². The van der Waals surface area contributed by atoms with Gasteiger partial charge in [0.1, 0.15) is 17.2 Å². The lowest BCUT2D eigenvalue weighted by molar-refractivity contribution is -0.139. The second-order valence-corrected chi connectivity index (χ2v) is 7.56. The van der Waals surface area contributed by atoms with Crippen LogP contribution < -0.4 is 14.8 Å². The van der Waals surface area contributed by atoms with E-state index in [-0.39, 0.29) is 37.1 Å². The summed E-state index contributed by atoms with van der Waals surface area (Å²) in [4.78, 5) is 37.3. The highest BCUT2D eigenvalue weighted by Gasteiger charge is 2.28. The highest BCUT2D eigenvalue weighted by atomic mass is 16.5. The van der Waals surface area contributed by atoms with Crippen LogP contribution in [0.5, 0.6) is 17.2 Å². The lowest BCUT2D eigenvalue weighted by Crippen LogP contribution is -2.28. The third-order valence-corrected chi connectivity index (χ3v) is 5.19. The lowest BCUT2D eigenvalue weighted by atomic mass is 10.1. The minimum atomic E-state index is -0.255. The molecule has 7 heteroatoms. The maximum absolute atomic E-state index is 12.6. The van der Waals surface area contributed by atoms with Gasteiger partial charge < -0.3 is 14.8 Å². The number of hydrogen-bond acceptors (Lipinski definition) is 5. The van der Waals surface area contributed by atoms with Crippen LogP contribution in [0.3, 0.4) is 0 Å². The Morgan fingerprint density at radius 2 is 1.36 bits per heavy atom. The van der Waals surface area contributed by atoms with Gasteiger partial charge in [-0.15, -0.1) is 0 Å². The molecule has 1 aliphatic heterocycles. The van der Waals surface area contributed by atoms with E-state index in [0.29, 0.717) is 29.4 Å². The minimum Gasteiger partial charge on any atom is -0.494 e. The highest BCUT2D eigenvalue weighted by molar-refractivity contribution is 6.04. The number of amides is 3. The number of ether oxygens (including phenoxy) is 2. The Morgan fingerprint density at radius 1 is 0.818 bits per heavy atom. The zero-order valence-corrected chi connectivity index (χ0v) is 18.2. The van der Waals surface area contributed by atoms with Crippen molar-refractivity contribution in [2.45, 2.75) is 26.3 Å². The maximum atomic E-state index is 12.6. The van der Waals surface area contributed by atoms with E-state index in [4.69, 9.17) is 9.47 Å². The molecule has 0 unspecified atom stereocenters. The molecule has 0 saturated carbocycles. The van der Waals surface area contributed by atoms with Crippen molar-refractivity contribution in [1.29, 1.82) is 0 Å². The summed E-state index contributed by atoms with van der Waals surface area (Å²) >= 11 is 0. The van der Waals surface area contributed by atoms with Crippen LogP contribution in [0.25, 0.3) is 0 Å². The van der Waals surface area contributed by atoms with Crippen LogP contribution in [0.15, 0.2) is 72.8 Å². The van der Waals surface area contributed by atoms with E-state index in [1.807, 2.05) is 31.2 Å². The monoisotopic (exact) mass is 444 g/mol. The predicted octanol–water partition coefficient (Wildman–Crippen LogP) is 4.78. The summed E-state index contributed by atoms with van der Waals surface area (Å²) < 4.78 is 11.2. The molecular formula is C26H24N2O5. The van der Waals surface area contributed by atoms with Gasteiger partial charge in [-0.1, -0.05) is 12.1 Å². The molecule has 33 heavy (non-hydrogen) atoms. The molecule has 168 valence electrons. The first-order chi connectivity index (χ1) is 16.0. The Bertz CT molecular complexity index is 1120. The SMILES string of the molecule is CCOc1ccc(Oc2ccc(NC(=O)c3ccc(CN4C(=O)CCC4=O)cc3)cc2)cc1. The second kappa shape index (κ2) is 9.99. The topological polar surface area (TPSA) is 84.9 Å². The molecule has 0 bridgehead atoms. The van der Waals surface area contributed by atoms with Crippen molar-refractivity contribution < 1.29 is 23.9 Å². The van der Waals surface area contributed by atoms with Gasteiger partial charge >= 0.3 is 0 Å². The van der Waals surface area contributed by atoms with Gasteiger partial charge in [0.05, 0.1) is 13.2 Å². The average molecular weight is 444 g/mol. The van der Waals surface area contributed by atoms with Crippen LogP contribution >= 0.6 is 0 Å². The zero-order valence-electron chi connectivity index (χ0n) is 18.2. The van der Waals surface area contributed by atoms with Crippen molar-refractivity contribution in [2.24, 2.45) is 0 Å². The number of likely N-dealkylation sites (tertiary alicyclic amines) is 1. The lowest BCUT2D eigenvalue weighted by Gasteiger charge is -2.14. The standard InChI is InChI=1S/C26H24N2O5/c1-2-32-21-11-13-23(14-12-21)33-22-9-7-20(8-10-22)27-26(31)19-5-3-18(4-6-19)17-28-24(29)15-16-25(28)30/h3-14H,2,15-17H2,1H3,(H,27,31). The highest BCUT2D eigenvalue weighted by Crippen LogP contribution is 2.25. The van der Waals surface area contributed by atoms with E-state index >= 15 is 0 Å². The average Bonchev–Trinajstić information content (AvgIpc) is 3.14. The molecule has 1 N–H and O–H groups in total. The number of carbonyl (C=O) groups excluding carboxylic acids is 3. The van der Waals surface area contributed by atoms with Gasteiger partial charge in [-0.25, -0.2) is 0 Å². The summed E-state index contributed by atoms with van der Waals surface area (Å²) in [7, 11) is 0. The summed E-state index contributed by atoms with van der Waals surface area (Å²) in [5.41, 5.74) is 1.91. The molecule has 3 aromatic rings. The number of hydrogen-bond donors (Lipinski definition) is 1. The molecule has 0 aliphatic carbocycles. The van der Waals surface area contributed by atoms with Crippen LogP contribution in [0.4, 0.5) is 5.69 Å². The molecule has 4 rings (SSSR count). The Labute approximate surface area is 191 Å². The molecule has 1 fully saturated rings. The van der Waals surface area contributed by atoms with Crippen LogP contribution in [0, 0.1) is 0 Å². The maximum Gasteiger partial charge on any atom is 0.255 e. The number of imide groups is 1. The van der Waals surface area contributed by atoms with Crippen LogP contribution in [-0.4, -0.2) is 29.2 Å². The van der Waals surface area contributed by atoms with E-state index in [1.54, 1.807) is 48.5 Å². The van der Waals surface area contributed by atoms with E-state index in [9.17, 15) is 14.4 Å². The second-order valence-electron chi connectivity index (χ2n) is 7.56. The first-order valence-electron chi connectivity index (χ1n) is 10.8. The molecule has 0 radical (unpaired) electrons. The molecule has 1 heterocycles. The largest absolute Gasteiger partial charge is 0.494 e. The van der Waals surface area contributed by atoms with Gasteiger partial charge in [-0.3, -0.25) is 19.3 Å². The Balaban J connectivity index is 1.32. The fraction of sp³-hybridized carbons (Fsp3) is 0.192. The number of anilines is 1. The molecule has 7 nitrogen and oxygen atoms in total. The third-order valence-electron chi connectivity index (χ3n) is 5.19. The minimum absolute atomic E-state index is 0.156. The Hall–Kier alpha value is -4.13. The fourth-order valence-electron chi connectivity index (χ4n) is 3.46. The van der Waals surface area contributed by atoms with Gasteiger partial charge in [0.15, 0.2) is 0 Å². The fourth-order valence-corrected chi connectivity index (χ4v) is 3.46. The number of nitrogens with one attached hydrogen (secondary N) is 1. The van der Waals surface area contributed by atoms with Gasteiger partial charge in [-0.2, -0.15) is 0 Å². The quantitative estimate of drug-likeness (QED) is 0.506. The smallest absolute Gasteiger partial charge is 0.255 e. The molecule has 3 aromatic carbocycles. The van der Waals surface area contributed by atoms with Crippen LogP contribution in [-0.2, 0) is 16.1 Å². The zero-order chi connectivity index (χ0) is 23.2. The van der Waals surface area contributed by atoms with Crippen molar-refractivity contribution in [3.8, 4) is 17.2 Å². The molecule has 0 atom stereocenters. The van der Waals surface area contributed by atoms with E-state index in [1.165, 1.54) is 4.90 Å². The van der Waals surface area contributed by atoms with Crippen molar-refractivity contribution in [3.05, 3.63) is 83.9 Å². The summed E-state index contributed by atoms with van der Waals surface area (Å²) in [5.74, 6) is 1.55. The van der Waals surface area contributed by atoms with E-state index in [2.05, 4.69) is 5.32 Å². The third kappa shape index (κ3) is 5.57.